The van der Waals surface area contributed by atoms with Crippen LogP contribution in [0.25, 0.3) is 0 Å². The van der Waals surface area contributed by atoms with E-state index in [1.165, 1.54) is 0 Å². The molecule has 24 heavy (non-hydrogen) atoms. The van der Waals surface area contributed by atoms with Crippen LogP contribution in [0.5, 0.6) is 11.5 Å². The summed E-state index contributed by atoms with van der Waals surface area (Å²) in [4.78, 5) is 25.0. The molecule has 0 saturated carbocycles. The molecule has 2 heterocycles. The van der Waals surface area contributed by atoms with Crippen molar-refractivity contribution in [1.82, 2.24) is 10.2 Å². The number of hydrogen-bond acceptors (Lipinski definition) is 4. The maximum absolute atomic E-state index is 12.2. The van der Waals surface area contributed by atoms with Crippen LogP contribution in [-0.4, -0.2) is 49.2 Å². The van der Waals surface area contributed by atoms with Crippen LogP contribution in [-0.2, 0) is 4.79 Å². The van der Waals surface area contributed by atoms with Gasteiger partial charge in [0.2, 0.25) is 5.91 Å². The number of rotatable bonds is 4. The number of ether oxygens (including phenoxy) is 2. The first-order valence-electron chi connectivity index (χ1n) is 8.31. The molecule has 3 amide bonds. The molecule has 3 N–H and O–H groups in total. The number of para-hydroxylation sites is 2. The molecule has 0 unspecified atom stereocenters. The lowest BCUT2D eigenvalue weighted by atomic mass is 9.93. The predicted octanol–water partition coefficient (Wildman–Crippen LogP) is 1.12. The van der Waals surface area contributed by atoms with Gasteiger partial charge >= 0.3 is 6.03 Å². The number of urea groups is 1. The Morgan fingerprint density at radius 1 is 1.21 bits per heavy atom. The standard InChI is InChI=1S/C17H23N3O4/c18-16(21)9-12-5-7-20(8-6-12)17(22)19-10-13-11-23-14-3-1-2-4-15(14)24-13/h1-4,12-13H,5-11H2,(H2,18,21)(H,19,22)/t13-/m0/s1. The largest absolute Gasteiger partial charge is 0.486 e. The monoisotopic (exact) mass is 333 g/mol. The third kappa shape index (κ3) is 4.10. The molecule has 2 aliphatic rings. The molecular formula is C17H23N3O4. The van der Waals surface area contributed by atoms with E-state index in [2.05, 4.69) is 5.32 Å². The summed E-state index contributed by atoms with van der Waals surface area (Å²) < 4.78 is 11.5. The Bertz CT molecular complexity index is 599. The molecule has 0 spiro atoms. The summed E-state index contributed by atoms with van der Waals surface area (Å²) in [7, 11) is 0. The van der Waals surface area contributed by atoms with Gasteiger partial charge in [0.1, 0.15) is 6.61 Å². The van der Waals surface area contributed by atoms with Crippen LogP contribution in [0.1, 0.15) is 19.3 Å². The minimum atomic E-state index is -0.271. The van der Waals surface area contributed by atoms with Gasteiger partial charge in [-0.25, -0.2) is 4.79 Å². The number of nitrogens with one attached hydrogen (secondary N) is 1. The van der Waals surface area contributed by atoms with Crippen LogP contribution < -0.4 is 20.5 Å². The molecule has 0 radical (unpaired) electrons. The smallest absolute Gasteiger partial charge is 0.317 e. The highest BCUT2D eigenvalue weighted by molar-refractivity contribution is 5.75. The van der Waals surface area contributed by atoms with Gasteiger partial charge in [0.25, 0.3) is 0 Å². The van der Waals surface area contributed by atoms with Gasteiger partial charge < -0.3 is 25.4 Å². The third-order valence-electron chi connectivity index (χ3n) is 4.44. The highest BCUT2D eigenvalue weighted by atomic mass is 16.6. The molecule has 1 atom stereocenters. The van der Waals surface area contributed by atoms with E-state index in [1.54, 1.807) is 4.90 Å². The molecule has 1 aromatic rings. The Morgan fingerprint density at radius 2 is 1.92 bits per heavy atom. The first-order valence-corrected chi connectivity index (χ1v) is 8.31. The van der Waals surface area contributed by atoms with Crippen LogP contribution in [0.2, 0.25) is 0 Å². The van der Waals surface area contributed by atoms with Gasteiger partial charge in [0, 0.05) is 19.5 Å². The molecule has 1 fully saturated rings. The molecule has 0 bridgehead atoms. The van der Waals surface area contributed by atoms with Crippen molar-refractivity contribution in [3.05, 3.63) is 24.3 Å². The predicted molar refractivity (Wildman–Crippen MR) is 87.9 cm³/mol. The van der Waals surface area contributed by atoms with Gasteiger partial charge in [0.15, 0.2) is 17.6 Å². The van der Waals surface area contributed by atoms with Crippen molar-refractivity contribution in [1.29, 1.82) is 0 Å². The van der Waals surface area contributed by atoms with Crippen LogP contribution >= 0.6 is 0 Å². The van der Waals surface area contributed by atoms with E-state index in [9.17, 15) is 9.59 Å². The Labute approximate surface area is 141 Å². The van der Waals surface area contributed by atoms with E-state index in [1.807, 2.05) is 24.3 Å². The number of likely N-dealkylation sites (tertiary alicyclic amines) is 1. The number of primary amides is 1. The second-order valence-corrected chi connectivity index (χ2v) is 6.28. The van der Waals surface area contributed by atoms with E-state index in [0.29, 0.717) is 38.4 Å². The van der Waals surface area contributed by atoms with Crippen molar-refractivity contribution >= 4 is 11.9 Å². The molecule has 130 valence electrons. The van der Waals surface area contributed by atoms with Gasteiger partial charge in [-0.2, -0.15) is 0 Å². The molecule has 0 aromatic heterocycles. The number of fused-ring (bicyclic) bond motifs is 1. The lowest BCUT2D eigenvalue weighted by Gasteiger charge is -2.32. The number of nitrogens with zero attached hydrogens (tertiary/aromatic N) is 1. The second kappa shape index (κ2) is 7.42. The van der Waals surface area contributed by atoms with Crippen molar-refractivity contribution in [3.8, 4) is 11.5 Å². The van der Waals surface area contributed by atoms with Gasteiger partial charge in [-0.05, 0) is 30.9 Å². The number of amides is 3. The first-order chi connectivity index (χ1) is 11.6. The average molecular weight is 333 g/mol. The van der Waals surface area contributed by atoms with Gasteiger partial charge in [-0.1, -0.05) is 12.1 Å². The van der Waals surface area contributed by atoms with Crippen LogP contribution in [0.3, 0.4) is 0 Å². The summed E-state index contributed by atoms with van der Waals surface area (Å²) in [6.45, 7) is 2.11. The lowest BCUT2D eigenvalue weighted by molar-refractivity contribution is -0.119. The highest BCUT2D eigenvalue weighted by Crippen LogP contribution is 2.30. The molecule has 3 rings (SSSR count). The van der Waals surface area contributed by atoms with Crippen LogP contribution in [0, 0.1) is 5.92 Å². The fourth-order valence-corrected chi connectivity index (χ4v) is 3.10. The Balaban J connectivity index is 1.41. The summed E-state index contributed by atoms with van der Waals surface area (Å²) in [5.74, 6) is 1.46. The average Bonchev–Trinajstić information content (AvgIpc) is 2.59. The number of carbonyl (C=O) groups is 2. The van der Waals surface area contributed by atoms with E-state index >= 15 is 0 Å². The summed E-state index contributed by atoms with van der Waals surface area (Å²) in [6, 6.07) is 7.40. The number of piperidine rings is 1. The summed E-state index contributed by atoms with van der Waals surface area (Å²) in [6.07, 6.45) is 1.83. The van der Waals surface area contributed by atoms with E-state index < -0.39 is 0 Å². The van der Waals surface area contributed by atoms with Crippen molar-refractivity contribution in [2.24, 2.45) is 11.7 Å². The van der Waals surface area contributed by atoms with Crippen molar-refractivity contribution in [2.45, 2.75) is 25.4 Å². The molecule has 0 aliphatic carbocycles. The van der Waals surface area contributed by atoms with Gasteiger partial charge in [-0.15, -0.1) is 0 Å². The minimum absolute atomic E-state index is 0.102. The SMILES string of the molecule is NC(=O)CC1CCN(C(=O)NC[C@H]2COc3ccccc3O2)CC1. The zero-order chi connectivity index (χ0) is 16.9. The normalized spacial score (nSPS) is 20.5. The zero-order valence-electron chi connectivity index (χ0n) is 13.6. The summed E-state index contributed by atoms with van der Waals surface area (Å²) in [5, 5.41) is 2.90. The molecule has 1 aromatic carbocycles. The topological polar surface area (TPSA) is 93.9 Å². The van der Waals surface area contributed by atoms with E-state index in [4.69, 9.17) is 15.2 Å². The fourth-order valence-electron chi connectivity index (χ4n) is 3.10. The maximum atomic E-state index is 12.2. The van der Waals surface area contributed by atoms with E-state index in [-0.39, 0.29) is 24.0 Å². The molecular weight excluding hydrogens is 310 g/mol. The fraction of sp³-hybridized carbons (Fsp3) is 0.529. The summed E-state index contributed by atoms with van der Waals surface area (Å²) >= 11 is 0. The highest BCUT2D eigenvalue weighted by Gasteiger charge is 2.25. The Kier molecular flexibility index (Phi) is 5.08. The van der Waals surface area contributed by atoms with E-state index in [0.717, 1.165) is 18.6 Å². The van der Waals surface area contributed by atoms with Gasteiger partial charge in [0.05, 0.1) is 6.54 Å². The number of carbonyl (C=O) groups excluding carboxylic acids is 2. The summed E-state index contributed by atoms with van der Waals surface area (Å²) in [5.41, 5.74) is 5.22. The number of hydrogen-bond donors (Lipinski definition) is 2. The molecule has 7 nitrogen and oxygen atoms in total. The van der Waals surface area contributed by atoms with Crippen molar-refractivity contribution in [3.63, 3.8) is 0 Å². The molecule has 2 aliphatic heterocycles. The zero-order valence-corrected chi connectivity index (χ0v) is 13.6. The number of nitrogens with two attached hydrogens (primary N) is 1. The van der Waals surface area contributed by atoms with Gasteiger partial charge in [-0.3, -0.25) is 4.79 Å². The van der Waals surface area contributed by atoms with Crippen molar-refractivity contribution < 1.29 is 19.1 Å². The minimum Gasteiger partial charge on any atom is -0.486 e. The molecule has 1 saturated heterocycles. The molecule has 7 heteroatoms. The third-order valence-corrected chi connectivity index (χ3v) is 4.44. The Morgan fingerprint density at radius 3 is 2.62 bits per heavy atom. The first kappa shape index (κ1) is 16.4. The Hall–Kier alpha value is -2.44. The second-order valence-electron chi connectivity index (χ2n) is 6.28. The van der Waals surface area contributed by atoms with Crippen LogP contribution in [0.15, 0.2) is 24.3 Å². The quantitative estimate of drug-likeness (QED) is 0.863. The van der Waals surface area contributed by atoms with Crippen molar-refractivity contribution in [2.75, 3.05) is 26.2 Å². The van der Waals surface area contributed by atoms with Crippen LogP contribution in [0.4, 0.5) is 4.79 Å². The maximum Gasteiger partial charge on any atom is 0.317 e. The lowest BCUT2D eigenvalue weighted by Crippen LogP contribution is -2.48. The number of benzene rings is 1.